The highest BCUT2D eigenvalue weighted by Crippen LogP contribution is 2.09. The van der Waals surface area contributed by atoms with Gasteiger partial charge in [-0.15, -0.1) is 0 Å². The zero-order valence-electron chi connectivity index (χ0n) is 9.95. The molecular weight excluding hydrogens is 200 g/mol. The lowest BCUT2D eigenvalue weighted by Crippen LogP contribution is -3.27. The van der Waals surface area contributed by atoms with Crippen LogP contribution < -0.4 is 9.80 Å². The normalized spacial score (nSPS) is 27.6. The SMILES string of the molecule is C[NH+]1CC[NH+](C[C@@H](O)c2ccccc2)CC1. The molecule has 0 aromatic heterocycles. The van der Waals surface area contributed by atoms with Gasteiger partial charge in [0.1, 0.15) is 38.8 Å². The molecule has 1 aromatic rings. The maximum Gasteiger partial charge on any atom is 0.128 e. The van der Waals surface area contributed by atoms with Gasteiger partial charge in [-0.3, -0.25) is 0 Å². The van der Waals surface area contributed by atoms with E-state index in [0.29, 0.717) is 0 Å². The maximum absolute atomic E-state index is 10.1. The number of piperazine rings is 1. The zero-order valence-corrected chi connectivity index (χ0v) is 9.95. The first kappa shape index (κ1) is 11.6. The number of aliphatic hydroxyl groups excluding tert-OH is 1. The molecule has 0 radical (unpaired) electrons. The van der Waals surface area contributed by atoms with Crippen molar-refractivity contribution in [2.45, 2.75) is 6.10 Å². The van der Waals surface area contributed by atoms with Crippen LogP contribution in [0.15, 0.2) is 30.3 Å². The Kier molecular flexibility index (Phi) is 3.93. The fraction of sp³-hybridized carbons (Fsp3) is 0.538. The van der Waals surface area contributed by atoms with E-state index in [0.717, 1.165) is 12.1 Å². The van der Waals surface area contributed by atoms with E-state index in [1.807, 2.05) is 30.3 Å². The monoisotopic (exact) mass is 222 g/mol. The van der Waals surface area contributed by atoms with Crippen LogP contribution in [-0.4, -0.2) is 44.9 Å². The lowest BCUT2D eigenvalue weighted by Gasteiger charge is -2.28. The third kappa shape index (κ3) is 3.04. The number of likely N-dealkylation sites (N-methyl/N-ethyl adjacent to an activating group) is 1. The molecule has 1 aliphatic heterocycles. The van der Waals surface area contributed by atoms with Crippen molar-refractivity contribution < 1.29 is 14.9 Å². The average molecular weight is 222 g/mol. The Morgan fingerprint density at radius 2 is 1.75 bits per heavy atom. The van der Waals surface area contributed by atoms with Gasteiger partial charge in [-0.25, -0.2) is 0 Å². The van der Waals surface area contributed by atoms with Crippen LogP contribution in [0, 0.1) is 0 Å². The number of quaternary nitrogens is 2. The molecule has 0 bridgehead atoms. The second-order valence-corrected chi connectivity index (χ2v) is 4.84. The van der Waals surface area contributed by atoms with Crippen LogP contribution in [0.2, 0.25) is 0 Å². The quantitative estimate of drug-likeness (QED) is 0.550. The molecule has 2 rings (SSSR count). The summed E-state index contributed by atoms with van der Waals surface area (Å²) in [7, 11) is 2.24. The van der Waals surface area contributed by atoms with Crippen LogP contribution in [0.25, 0.3) is 0 Å². The summed E-state index contributed by atoms with van der Waals surface area (Å²) in [6.07, 6.45) is -0.311. The molecule has 0 amide bonds. The molecule has 0 unspecified atom stereocenters. The number of hydrogen-bond acceptors (Lipinski definition) is 1. The van der Waals surface area contributed by atoms with Crippen LogP contribution in [0.5, 0.6) is 0 Å². The summed E-state index contributed by atoms with van der Waals surface area (Å²) in [6.45, 7) is 5.64. The third-order valence-electron chi connectivity index (χ3n) is 3.48. The Morgan fingerprint density at radius 1 is 1.12 bits per heavy atom. The van der Waals surface area contributed by atoms with Crippen molar-refractivity contribution in [1.82, 2.24) is 0 Å². The summed E-state index contributed by atoms with van der Waals surface area (Å²) in [5.74, 6) is 0. The molecule has 0 saturated carbocycles. The Morgan fingerprint density at radius 3 is 2.38 bits per heavy atom. The van der Waals surface area contributed by atoms with Gasteiger partial charge in [0, 0.05) is 0 Å². The summed E-state index contributed by atoms with van der Waals surface area (Å²) in [5, 5.41) is 10.1. The maximum atomic E-state index is 10.1. The number of hydrogen-bond donors (Lipinski definition) is 3. The van der Waals surface area contributed by atoms with Crippen molar-refractivity contribution in [3.63, 3.8) is 0 Å². The van der Waals surface area contributed by atoms with E-state index >= 15 is 0 Å². The van der Waals surface area contributed by atoms with Crippen molar-refractivity contribution in [2.24, 2.45) is 0 Å². The second kappa shape index (κ2) is 5.43. The van der Waals surface area contributed by atoms with Gasteiger partial charge in [0.05, 0.1) is 7.05 Å². The van der Waals surface area contributed by atoms with Gasteiger partial charge >= 0.3 is 0 Å². The summed E-state index contributed by atoms with van der Waals surface area (Å²) in [5.41, 5.74) is 1.04. The molecule has 1 aromatic carbocycles. The van der Waals surface area contributed by atoms with Gasteiger partial charge < -0.3 is 14.9 Å². The minimum absolute atomic E-state index is 0.311. The van der Waals surface area contributed by atoms with Crippen molar-refractivity contribution in [1.29, 1.82) is 0 Å². The predicted molar refractivity (Wildman–Crippen MR) is 63.6 cm³/mol. The Hall–Kier alpha value is -0.900. The number of rotatable bonds is 3. The molecule has 1 saturated heterocycles. The van der Waals surface area contributed by atoms with Crippen LogP contribution >= 0.6 is 0 Å². The van der Waals surface area contributed by atoms with Gasteiger partial charge in [-0.05, 0) is 5.56 Å². The summed E-state index contributed by atoms with van der Waals surface area (Å²) in [6, 6.07) is 9.98. The fourth-order valence-corrected chi connectivity index (χ4v) is 2.30. The van der Waals surface area contributed by atoms with Crippen LogP contribution in [-0.2, 0) is 0 Å². The minimum atomic E-state index is -0.311. The largest absolute Gasteiger partial charge is 0.382 e. The van der Waals surface area contributed by atoms with E-state index in [9.17, 15) is 5.11 Å². The van der Waals surface area contributed by atoms with Crippen molar-refractivity contribution >= 4 is 0 Å². The molecule has 1 heterocycles. The van der Waals surface area contributed by atoms with E-state index in [4.69, 9.17) is 0 Å². The molecule has 3 heteroatoms. The van der Waals surface area contributed by atoms with Crippen LogP contribution in [0.1, 0.15) is 11.7 Å². The first-order chi connectivity index (χ1) is 7.75. The van der Waals surface area contributed by atoms with Crippen LogP contribution in [0.4, 0.5) is 0 Å². The van der Waals surface area contributed by atoms with E-state index in [1.165, 1.54) is 31.1 Å². The molecule has 88 valence electrons. The summed E-state index contributed by atoms with van der Waals surface area (Å²) < 4.78 is 0. The first-order valence-corrected chi connectivity index (χ1v) is 6.13. The van der Waals surface area contributed by atoms with E-state index in [2.05, 4.69) is 7.05 Å². The first-order valence-electron chi connectivity index (χ1n) is 6.13. The molecule has 1 aliphatic rings. The van der Waals surface area contributed by atoms with Gasteiger partial charge in [0.2, 0.25) is 0 Å². The van der Waals surface area contributed by atoms with Gasteiger partial charge in [-0.2, -0.15) is 0 Å². The molecular formula is C13H22N2O+2. The highest BCUT2D eigenvalue weighted by Gasteiger charge is 2.22. The van der Waals surface area contributed by atoms with E-state index < -0.39 is 0 Å². The minimum Gasteiger partial charge on any atom is -0.382 e. The number of benzene rings is 1. The molecule has 16 heavy (non-hydrogen) atoms. The predicted octanol–water partition coefficient (Wildman–Crippen LogP) is -1.87. The van der Waals surface area contributed by atoms with Gasteiger partial charge in [-0.1, -0.05) is 30.3 Å². The van der Waals surface area contributed by atoms with Gasteiger partial charge in [0.15, 0.2) is 0 Å². The van der Waals surface area contributed by atoms with Crippen molar-refractivity contribution in [3.05, 3.63) is 35.9 Å². The number of nitrogens with one attached hydrogen (secondary N) is 2. The molecule has 0 aliphatic carbocycles. The summed E-state index contributed by atoms with van der Waals surface area (Å²) >= 11 is 0. The Balaban J connectivity index is 1.86. The molecule has 1 atom stereocenters. The van der Waals surface area contributed by atoms with Crippen molar-refractivity contribution in [2.75, 3.05) is 39.8 Å². The second-order valence-electron chi connectivity index (χ2n) is 4.84. The highest BCUT2D eigenvalue weighted by molar-refractivity contribution is 5.17. The Labute approximate surface area is 97.3 Å². The molecule has 1 fully saturated rings. The highest BCUT2D eigenvalue weighted by atomic mass is 16.3. The third-order valence-corrected chi connectivity index (χ3v) is 3.48. The van der Waals surface area contributed by atoms with Crippen LogP contribution in [0.3, 0.4) is 0 Å². The van der Waals surface area contributed by atoms with Gasteiger partial charge in [0.25, 0.3) is 0 Å². The topological polar surface area (TPSA) is 29.1 Å². The summed E-state index contributed by atoms with van der Waals surface area (Å²) in [4.78, 5) is 3.14. The zero-order chi connectivity index (χ0) is 11.4. The number of aliphatic hydroxyl groups is 1. The molecule has 3 nitrogen and oxygen atoms in total. The fourth-order valence-electron chi connectivity index (χ4n) is 2.30. The van der Waals surface area contributed by atoms with E-state index in [-0.39, 0.29) is 6.10 Å². The van der Waals surface area contributed by atoms with E-state index in [1.54, 1.807) is 4.90 Å². The Bertz CT molecular complexity index is 307. The lowest BCUT2D eigenvalue weighted by atomic mass is 10.1. The van der Waals surface area contributed by atoms with Crippen molar-refractivity contribution in [3.8, 4) is 0 Å². The smallest absolute Gasteiger partial charge is 0.128 e. The average Bonchev–Trinajstić information content (AvgIpc) is 2.33. The lowest BCUT2D eigenvalue weighted by molar-refractivity contribution is -1.00. The molecule has 3 N–H and O–H groups in total. The molecule has 0 spiro atoms. The standard InChI is InChI=1S/C13H20N2O/c1-14-7-9-15(10-8-14)11-13(16)12-5-3-2-4-6-12/h2-6,13,16H,7-11H2,1H3/p+2/t13-/m1/s1.